The minimum Gasteiger partial charge on any atom is -0.462 e. The van der Waals surface area contributed by atoms with E-state index in [-0.39, 0.29) is 23.9 Å². The lowest BCUT2D eigenvalue weighted by molar-refractivity contribution is -0.115. The first kappa shape index (κ1) is 18.7. The second kappa shape index (κ2) is 8.48. The Balaban J connectivity index is 2.03. The van der Waals surface area contributed by atoms with Crippen molar-refractivity contribution >= 4 is 35.1 Å². The lowest BCUT2D eigenvalue weighted by Gasteiger charge is -2.13. The summed E-state index contributed by atoms with van der Waals surface area (Å²) in [5, 5.41) is 2.75. The molecule has 25 heavy (non-hydrogen) atoms. The highest BCUT2D eigenvalue weighted by molar-refractivity contribution is 8.00. The number of carbonyl (C=O) groups is 2. The number of esters is 1. The van der Waals surface area contributed by atoms with Gasteiger partial charge in [0.2, 0.25) is 5.91 Å². The van der Waals surface area contributed by atoms with Crippen LogP contribution in [0.5, 0.6) is 0 Å². The zero-order valence-electron chi connectivity index (χ0n) is 14.3. The smallest absolute Gasteiger partial charge is 0.343 e. The monoisotopic (exact) mass is 360 g/mol. The molecule has 0 aliphatic heterocycles. The number of para-hydroxylation sites is 1. The number of nitrogens with zero attached hydrogens (tertiary/aromatic N) is 2. The van der Waals surface area contributed by atoms with Gasteiger partial charge < -0.3 is 15.8 Å². The highest BCUT2D eigenvalue weighted by Crippen LogP contribution is 2.23. The molecular weight excluding hydrogens is 340 g/mol. The number of benzene rings is 1. The van der Waals surface area contributed by atoms with Crippen molar-refractivity contribution in [3.8, 4) is 0 Å². The standard InChI is InChI=1S/C17H20N4O3S/c1-4-24-16(23)12-9-19-17(21-14(12)18)25-11(3)15(22)20-13-8-6-5-7-10(13)2/h5-9,11H,4H2,1-3H3,(H,20,22)(H2,18,19,21)/t11-/m1/s1. The number of hydrogen-bond donors (Lipinski definition) is 2. The Morgan fingerprint density at radius 2 is 2.08 bits per heavy atom. The number of rotatable bonds is 6. The summed E-state index contributed by atoms with van der Waals surface area (Å²) >= 11 is 1.16. The van der Waals surface area contributed by atoms with E-state index in [4.69, 9.17) is 10.5 Å². The van der Waals surface area contributed by atoms with E-state index < -0.39 is 11.2 Å². The summed E-state index contributed by atoms with van der Waals surface area (Å²) < 4.78 is 4.88. The molecule has 0 aliphatic carbocycles. The zero-order valence-corrected chi connectivity index (χ0v) is 15.1. The van der Waals surface area contributed by atoms with Crippen molar-refractivity contribution in [2.24, 2.45) is 0 Å². The van der Waals surface area contributed by atoms with Crippen molar-refractivity contribution in [3.05, 3.63) is 41.6 Å². The predicted octanol–water partition coefficient (Wildman–Crippen LogP) is 2.66. The summed E-state index contributed by atoms with van der Waals surface area (Å²) in [5.74, 6) is -0.708. The second-order valence-electron chi connectivity index (χ2n) is 5.24. The number of amides is 1. The number of carbonyl (C=O) groups excluding carboxylic acids is 2. The predicted molar refractivity (Wildman–Crippen MR) is 97.5 cm³/mol. The molecule has 0 unspecified atom stereocenters. The van der Waals surface area contributed by atoms with Crippen molar-refractivity contribution < 1.29 is 14.3 Å². The second-order valence-corrected chi connectivity index (χ2v) is 6.54. The third-order valence-corrected chi connectivity index (χ3v) is 4.32. The van der Waals surface area contributed by atoms with Gasteiger partial charge in [0.05, 0.1) is 11.9 Å². The lowest BCUT2D eigenvalue weighted by atomic mass is 10.2. The van der Waals surface area contributed by atoms with E-state index in [1.807, 2.05) is 31.2 Å². The molecule has 1 atom stereocenters. The van der Waals surface area contributed by atoms with Gasteiger partial charge >= 0.3 is 5.97 Å². The molecule has 1 aromatic heterocycles. The third kappa shape index (κ3) is 4.93. The molecule has 1 amide bonds. The Kier molecular flexibility index (Phi) is 6.35. The molecule has 2 aromatic rings. The number of nitrogens with one attached hydrogen (secondary N) is 1. The molecule has 0 radical (unpaired) electrons. The van der Waals surface area contributed by atoms with Crippen LogP contribution in [-0.2, 0) is 9.53 Å². The molecule has 0 saturated heterocycles. The number of aromatic nitrogens is 2. The van der Waals surface area contributed by atoms with Gasteiger partial charge in [0.25, 0.3) is 0 Å². The van der Waals surface area contributed by atoms with Gasteiger partial charge in [-0.2, -0.15) is 0 Å². The minimum absolute atomic E-state index is 0.0301. The van der Waals surface area contributed by atoms with Crippen molar-refractivity contribution in [1.82, 2.24) is 9.97 Å². The Bertz CT molecular complexity index is 782. The van der Waals surface area contributed by atoms with Crippen LogP contribution in [0, 0.1) is 6.92 Å². The van der Waals surface area contributed by atoms with E-state index in [0.29, 0.717) is 5.16 Å². The maximum absolute atomic E-state index is 12.3. The summed E-state index contributed by atoms with van der Waals surface area (Å²) in [4.78, 5) is 32.2. The normalized spacial score (nSPS) is 11.6. The average molecular weight is 360 g/mol. The van der Waals surface area contributed by atoms with E-state index in [1.165, 1.54) is 6.20 Å². The summed E-state index contributed by atoms with van der Waals surface area (Å²) in [6.07, 6.45) is 1.31. The van der Waals surface area contributed by atoms with Crippen molar-refractivity contribution in [3.63, 3.8) is 0 Å². The Morgan fingerprint density at radius 1 is 1.36 bits per heavy atom. The molecule has 1 aromatic carbocycles. The van der Waals surface area contributed by atoms with E-state index in [0.717, 1.165) is 23.0 Å². The zero-order chi connectivity index (χ0) is 18.4. The van der Waals surface area contributed by atoms with E-state index in [9.17, 15) is 9.59 Å². The van der Waals surface area contributed by atoms with Gasteiger partial charge in [-0.3, -0.25) is 4.79 Å². The first-order valence-corrected chi connectivity index (χ1v) is 8.63. The van der Waals surface area contributed by atoms with E-state index in [2.05, 4.69) is 15.3 Å². The molecule has 3 N–H and O–H groups in total. The number of anilines is 2. The summed E-state index contributed by atoms with van der Waals surface area (Å²) in [7, 11) is 0. The average Bonchev–Trinajstić information content (AvgIpc) is 2.57. The van der Waals surface area contributed by atoms with Gasteiger partial charge in [-0.15, -0.1) is 0 Å². The molecule has 132 valence electrons. The van der Waals surface area contributed by atoms with Crippen molar-refractivity contribution in [2.75, 3.05) is 17.7 Å². The fraction of sp³-hybridized carbons (Fsp3) is 0.294. The Morgan fingerprint density at radius 3 is 2.72 bits per heavy atom. The quantitative estimate of drug-likeness (QED) is 0.463. The fourth-order valence-corrected chi connectivity index (χ4v) is 2.71. The summed E-state index contributed by atoms with van der Waals surface area (Å²) in [5.41, 5.74) is 7.64. The fourth-order valence-electron chi connectivity index (χ4n) is 1.96. The summed E-state index contributed by atoms with van der Waals surface area (Å²) in [6.45, 7) is 5.61. The van der Waals surface area contributed by atoms with Crippen LogP contribution in [0.25, 0.3) is 0 Å². The minimum atomic E-state index is -0.568. The van der Waals surface area contributed by atoms with Crippen LogP contribution >= 0.6 is 11.8 Å². The molecule has 0 saturated carbocycles. The number of ether oxygens (including phenoxy) is 1. The molecule has 7 nitrogen and oxygen atoms in total. The summed E-state index contributed by atoms with van der Waals surface area (Å²) in [6, 6.07) is 7.53. The maximum Gasteiger partial charge on any atom is 0.343 e. The first-order valence-electron chi connectivity index (χ1n) is 7.75. The largest absolute Gasteiger partial charge is 0.462 e. The van der Waals surface area contributed by atoms with Gasteiger partial charge in [-0.25, -0.2) is 14.8 Å². The van der Waals surface area contributed by atoms with Crippen LogP contribution in [0.1, 0.15) is 29.8 Å². The number of nitrogens with two attached hydrogens (primary N) is 1. The molecule has 1 heterocycles. The Labute approximate surface area is 150 Å². The Hall–Kier alpha value is -2.61. The van der Waals surface area contributed by atoms with Crippen molar-refractivity contribution in [2.45, 2.75) is 31.2 Å². The molecule has 0 bridgehead atoms. The topological polar surface area (TPSA) is 107 Å². The van der Waals surface area contributed by atoms with Gasteiger partial charge in [-0.1, -0.05) is 30.0 Å². The van der Waals surface area contributed by atoms with Crippen LogP contribution in [0.2, 0.25) is 0 Å². The van der Waals surface area contributed by atoms with Crippen LogP contribution < -0.4 is 11.1 Å². The SMILES string of the molecule is CCOC(=O)c1cnc(S[C@H](C)C(=O)Nc2ccccc2C)nc1N. The van der Waals surface area contributed by atoms with E-state index in [1.54, 1.807) is 13.8 Å². The molecule has 0 aliphatic rings. The first-order chi connectivity index (χ1) is 11.9. The lowest BCUT2D eigenvalue weighted by Crippen LogP contribution is -2.23. The molecule has 0 spiro atoms. The number of hydrogen-bond acceptors (Lipinski definition) is 7. The highest BCUT2D eigenvalue weighted by atomic mass is 32.2. The van der Waals surface area contributed by atoms with Crippen molar-refractivity contribution in [1.29, 1.82) is 0 Å². The number of thioether (sulfide) groups is 1. The van der Waals surface area contributed by atoms with Crippen LogP contribution in [0.15, 0.2) is 35.6 Å². The van der Waals surface area contributed by atoms with Crippen LogP contribution in [-0.4, -0.2) is 33.7 Å². The number of aryl methyl sites for hydroxylation is 1. The maximum atomic E-state index is 12.3. The molecular formula is C17H20N4O3S. The van der Waals surface area contributed by atoms with Crippen LogP contribution in [0.4, 0.5) is 11.5 Å². The van der Waals surface area contributed by atoms with Gasteiger partial charge in [0, 0.05) is 11.9 Å². The van der Waals surface area contributed by atoms with E-state index >= 15 is 0 Å². The van der Waals surface area contributed by atoms with Gasteiger partial charge in [0.15, 0.2) is 5.16 Å². The third-order valence-electron chi connectivity index (χ3n) is 3.35. The molecule has 0 fully saturated rings. The van der Waals surface area contributed by atoms with Crippen LogP contribution in [0.3, 0.4) is 0 Å². The molecule has 2 rings (SSSR count). The molecule has 8 heteroatoms. The highest BCUT2D eigenvalue weighted by Gasteiger charge is 2.19. The van der Waals surface area contributed by atoms with Gasteiger partial charge in [0.1, 0.15) is 11.4 Å². The number of nitrogen functional groups attached to an aromatic ring is 1. The van der Waals surface area contributed by atoms with Gasteiger partial charge in [-0.05, 0) is 32.4 Å².